The van der Waals surface area contributed by atoms with Gasteiger partial charge in [-0.05, 0) is 60.7 Å². The van der Waals surface area contributed by atoms with E-state index in [0.717, 1.165) is 43.1 Å². The van der Waals surface area contributed by atoms with Crippen LogP contribution in [0.5, 0.6) is 11.5 Å². The minimum atomic E-state index is 0.377. The van der Waals surface area contributed by atoms with Gasteiger partial charge in [0.2, 0.25) is 0 Å². The predicted molar refractivity (Wildman–Crippen MR) is 97.8 cm³/mol. The van der Waals surface area contributed by atoms with Gasteiger partial charge in [-0.1, -0.05) is 12.1 Å². The standard InChI is InChI=1S/C20H26N2O2/c1-14-18-13-20(24-3)19(23-2)12-16(18)9-11-22(14)10-8-15-4-6-17(21)7-5-15/h4-7,12-14H,8-11,21H2,1-3H3/t14-/m1/s1. The monoisotopic (exact) mass is 326 g/mol. The van der Waals surface area contributed by atoms with Crippen LogP contribution in [-0.4, -0.2) is 32.2 Å². The molecule has 4 heteroatoms. The van der Waals surface area contributed by atoms with Crippen molar-refractivity contribution in [2.45, 2.75) is 25.8 Å². The number of methoxy groups -OCH3 is 2. The Balaban J connectivity index is 1.74. The summed E-state index contributed by atoms with van der Waals surface area (Å²) in [4.78, 5) is 2.53. The van der Waals surface area contributed by atoms with E-state index in [-0.39, 0.29) is 0 Å². The fraction of sp³-hybridized carbons (Fsp3) is 0.400. The summed E-state index contributed by atoms with van der Waals surface area (Å²) in [6.45, 7) is 4.38. The van der Waals surface area contributed by atoms with Crippen molar-refractivity contribution in [2.24, 2.45) is 0 Å². The molecule has 0 unspecified atom stereocenters. The van der Waals surface area contributed by atoms with Crippen LogP contribution in [0.2, 0.25) is 0 Å². The lowest BCUT2D eigenvalue weighted by atomic mass is 9.92. The summed E-state index contributed by atoms with van der Waals surface area (Å²) in [6, 6.07) is 12.8. The number of fused-ring (bicyclic) bond motifs is 1. The van der Waals surface area contributed by atoms with Crippen LogP contribution < -0.4 is 15.2 Å². The van der Waals surface area contributed by atoms with Crippen molar-refractivity contribution >= 4 is 5.69 Å². The molecule has 0 aliphatic carbocycles. The van der Waals surface area contributed by atoms with E-state index in [2.05, 4.69) is 36.1 Å². The topological polar surface area (TPSA) is 47.7 Å². The highest BCUT2D eigenvalue weighted by atomic mass is 16.5. The van der Waals surface area contributed by atoms with Gasteiger partial charge in [0, 0.05) is 24.8 Å². The minimum absolute atomic E-state index is 0.377. The van der Waals surface area contributed by atoms with Crippen LogP contribution in [0.25, 0.3) is 0 Å². The van der Waals surface area contributed by atoms with Crippen LogP contribution in [0, 0.1) is 0 Å². The summed E-state index contributed by atoms with van der Waals surface area (Å²) >= 11 is 0. The van der Waals surface area contributed by atoms with E-state index in [1.807, 2.05) is 12.1 Å². The summed E-state index contributed by atoms with van der Waals surface area (Å²) in [5, 5.41) is 0. The first kappa shape index (κ1) is 16.7. The number of nitrogen functional groups attached to an aromatic ring is 1. The minimum Gasteiger partial charge on any atom is -0.493 e. The van der Waals surface area contributed by atoms with Gasteiger partial charge in [-0.25, -0.2) is 0 Å². The van der Waals surface area contributed by atoms with Crippen molar-refractivity contribution in [1.29, 1.82) is 0 Å². The Morgan fingerprint density at radius 2 is 1.75 bits per heavy atom. The molecule has 4 nitrogen and oxygen atoms in total. The number of ether oxygens (including phenoxy) is 2. The van der Waals surface area contributed by atoms with Gasteiger partial charge in [0.25, 0.3) is 0 Å². The van der Waals surface area contributed by atoms with Gasteiger partial charge in [0.05, 0.1) is 14.2 Å². The first-order valence-electron chi connectivity index (χ1n) is 8.45. The molecule has 0 radical (unpaired) electrons. The number of nitrogens with two attached hydrogens (primary N) is 1. The van der Waals surface area contributed by atoms with Gasteiger partial charge in [-0.3, -0.25) is 4.90 Å². The lowest BCUT2D eigenvalue weighted by molar-refractivity contribution is 0.200. The highest BCUT2D eigenvalue weighted by Crippen LogP contribution is 2.37. The third-order valence-electron chi connectivity index (χ3n) is 4.98. The fourth-order valence-corrected chi connectivity index (χ4v) is 3.46. The van der Waals surface area contributed by atoms with Gasteiger partial charge in [-0.2, -0.15) is 0 Å². The maximum atomic E-state index is 5.76. The molecule has 2 aromatic carbocycles. The second-order valence-corrected chi connectivity index (χ2v) is 6.36. The molecule has 0 spiro atoms. The zero-order valence-electron chi connectivity index (χ0n) is 14.7. The maximum Gasteiger partial charge on any atom is 0.161 e. The Hall–Kier alpha value is -2.20. The summed E-state index contributed by atoms with van der Waals surface area (Å²) in [5.74, 6) is 1.63. The van der Waals surface area contributed by atoms with E-state index in [4.69, 9.17) is 15.2 Å². The molecule has 0 saturated carbocycles. The van der Waals surface area contributed by atoms with Crippen molar-refractivity contribution in [3.05, 3.63) is 53.1 Å². The van der Waals surface area contributed by atoms with Gasteiger partial charge >= 0.3 is 0 Å². The highest BCUT2D eigenvalue weighted by molar-refractivity contribution is 5.49. The van der Waals surface area contributed by atoms with Gasteiger partial charge in [0.1, 0.15) is 0 Å². The van der Waals surface area contributed by atoms with Crippen LogP contribution in [0.3, 0.4) is 0 Å². The molecule has 1 heterocycles. The molecular weight excluding hydrogens is 300 g/mol. The first-order chi connectivity index (χ1) is 11.6. The van der Waals surface area contributed by atoms with E-state index in [1.54, 1.807) is 14.2 Å². The number of anilines is 1. The Labute approximate surface area is 144 Å². The summed E-state index contributed by atoms with van der Waals surface area (Å²) in [7, 11) is 3.38. The Bertz CT molecular complexity index is 698. The molecule has 0 fully saturated rings. The van der Waals surface area contributed by atoms with Crippen molar-refractivity contribution in [2.75, 3.05) is 33.0 Å². The van der Waals surface area contributed by atoms with Gasteiger partial charge in [0.15, 0.2) is 11.5 Å². The molecule has 1 aliphatic heterocycles. The molecule has 24 heavy (non-hydrogen) atoms. The van der Waals surface area contributed by atoms with Crippen LogP contribution >= 0.6 is 0 Å². The smallest absolute Gasteiger partial charge is 0.161 e. The zero-order valence-corrected chi connectivity index (χ0v) is 14.7. The molecule has 128 valence electrons. The summed E-state index contributed by atoms with van der Waals surface area (Å²) in [6.07, 6.45) is 2.08. The summed E-state index contributed by atoms with van der Waals surface area (Å²) in [5.41, 5.74) is 10.6. The molecule has 0 bridgehead atoms. The normalized spacial score (nSPS) is 17.4. The first-order valence-corrected chi connectivity index (χ1v) is 8.45. The Kier molecular flexibility index (Phi) is 4.95. The Morgan fingerprint density at radius 3 is 2.42 bits per heavy atom. The van der Waals surface area contributed by atoms with E-state index in [0.29, 0.717) is 6.04 Å². The summed E-state index contributed by atoms with van der Waals surface area (Å²) < 4.78 is 10.9. The van der Waals surface area contributed by atoms with E-state index >= 15 is 0 Å². The Morgan fingerprint density at radius 1 is 1.08 bits per heavy atom. The third kappa shape index (κ3) is 3.34. The van der Waals surface area contributed by atoms with Crippen molar-refractivity contribution in [1.82, 2.24) is 4.90 Å². The molecule has 2 N–H and O–H groups in total. The molecule has 1 atom stereocenters. The van der Waals surface area contributed by atoms with Crippen LogP contribution in [-0.2, 0) is 12.8 Å². The number of rotatable bonds is 5. The fourth-order valence-electron chi connectivity index (χ4n) is 3.46. The SMILES string of the molecule is COc1cc2c(cc1OC)[C@@H](C)N(CCc1ccc(N)cc1)CC2. The van der Waals surface area contributed by atoms with Gasteiger partial charge < -0.3 is 15.2 Å². The lowest BCUT2D eigenvalue weighted by Crippen LogP contribution is -2.35. The van der Waals surface area contributed by atoms with Crippen molar-refractivity contribution in [3.8, 4) is 11.5 Å². The van der Waals surface area contributed by atoms with Crippen molar-refractivity contribution in [3.63, 3.8) is 0 Å². The predicted octanol–water partition coefficient (Wildman–Crippen LogP) is 3.45. The van der Waals surface area contributed by atoms with Gasteiger partial charge in [-0.15, -0.1) is 0 Å². The highest BCUT2D eigenvalue weighted by Gasteiger charge is 2.25. The number of nitrogens with zero attached hydrogens (tertiary/aromatic N) is 1. The van der Waals surface area contributed by atoms with E-state index in [9.17, 15) is 0 Å². The van der Waals surface area contributed by atoms with Crippen LogP contribution in [0.1, 0.15) is 29.7 Å². The molecule has 0 saturated heterocycles. The van der Waals surface area contributed by atoms with Crippen molar-refractivity contribution < 1.29 is 9.47 Å². The maximum absolute atomic E-state index is 5.76. The van der Waals surface area contributed by atoms with E-state index in [1.165, 1.54) is 16.7 Å². The number of hydrogen-bond donors (Lipinski definition) is 1. The molecule has 0 aromatic heterocycles. The average Bonchev–Trinajstić information content (AvgIpc) is 2.61. The second kappa shape index (κ2) is 7.14. The molecular formula is C20H26N2O2. The number of hydrogen-bond acceptors (Lipinski definition) is 4. The van der Waals surface area contributed by atoms with Crippen LogP contribution in [0.4, 0.5) is 5.69 Å². The lowest BCUT2D eigenvalue weighted by Gasteiger charge is -2.35. The molecule has 0 amide bonds. The molecule has 2 aromatic rings. The number of benzene rings is 2. The quantitative estimate of drug-likeness (QED) is 0.855. The van der Waals surface area contributed by atoms with Crippen LogP contribution in [0.15, 0.2) is 36.4 Å². The van der Waals surface area contributed by atoms with E-state index < -0.39 is 0 Å². The zero-order chi connectivity index (χ0) is 17.1. The largest absolute Gasteiger partial charge is 0.493 e. The molecule has 1 aliphatic rings. The third-order valence-corrected chi connectivity index (χ3v) is 4.98. The average molecular weight is 326 g/mol. The second-order valence-electron chi connectivity index (χ2n) is 6.36. The molecule has 3 rings (SSSR count).